The predicted molar refractivity (Wildman–Crippen MR) is 272 cm³/mol. The van der Waals surface area contributed by atoms with E-state index in [4.69, 9.17) is 18.9 Å². The summed E-state index contributed by atoms with van der Waals surface area (Å²) in [6.45, 7) is 2.82. The second-order valence-corrected chi connectivity index (χ2v) is 20.4. The Morgan fingerprint density at radius 1 is 0.507 bits per heavy atom. The number of carbonyl (C=O) groups is 1. The van der Waals surface area contributed by atoms with E-state index in [2.05, 4.69) is 19.2 Å². The van der Waals surface area contributed by atoms with Gasteiger partial charge in [-0.25, -0.2) is 0 Å². The molecule has 408 valence electrons. The number of amides is 1. The van der Waals surface area contributed by atoms with Gasteiger partial charge in [-0.2, -0.15) is 0 Å². The van der Waals surface area contributed by atoms with Crippen LogP contribution in [0.4, 0.5) is 0 Å². The molecule has 2 rings (SSSR count). The van der Waals surface area contributed by atoms with E-state index in [1.165, 1.54) is 173 Å². The minimum absolute atomic E-state index is 0.235. The molecular weight excluding hydrogens is 883 g/mol. The normalized spacial score (nSPS) is 26.2. The Hall–Kier alpha value is -1.27. The van der Waals surface area contributed by atoms with Crippen molar-refractivity contribution < 1.29 is 64.6 Å². The lowest BCUT2D eigenvalue weighted by molar-refractivity contribution is -0.359. The fourth-order valence-corrected chi connectivity index (χ4v) is 9.59. The highest BCUT2D eigenvalue weighted by Gasteiger charge is 2.51. The molecule has 1 amide bonds. The van der Waals surface area contributed by atoms with E-state index in [1.54, 1.807) is 6.08 Å². The summed E-state index contributed by atoms with van der Waals surface area (Å²) in [5, 5.41) is 86.9. The van der Waals surface area contributed by atoms with E-state index in [9.17, 15) is 45.6 Å². The molecule has 2 aliphatic heterocycles. The van der Waals surface area contributed by atoms with Crippen LogP contribution in [0, 0.1) is 0 Å². The first-order valence-electron chi connectivity index (χ1n) is 28.4. The third-order valence-electron chi connectivity index (χ3n) is 14.2. The monoisotopic (exact) mass is 988 g/mol. The molecule has 12 atom stereocenters. The van der Waals surface area contributed by atoms with Gasteiger partial charge in [0.2, 0.25) is 5.91 Å². The summed E-state index contributed by atoms with van der Waals surface area (Å²) in [5.41, 5.74) is 0. The largest absolute Gasteiger partial charge is 0.394 e. The van der Waals surface area contributed by atoms with Crippen LogP contribution in [-0.2, 0) is 23.7 Å². The molecule has 12 unspecified atom stereocenters. The van der Waals surface area contributed by atoms with Crippen molar-refractivity contribution in [3.8, 4) is 0 Å². The summed E-state index contributed by atoms with van der Waals surface area (Å²) in [7, 11) is 0. The molecule has 0 saturated carbocycles. The van der Waals surface area contributed by atoms with E-state index in [0.717, 1.165) is 38.5 Å². The van der Waals surface area contributed by atoms with Gasteiger partial charge in [0, 0.05) is 6.42 Å². The van der Waals surface area contributed by atoms with Gasteiger partial charge in [0.15, 0.2) is 12.6 Å². The maximum absolute atomic E-state index is 13.2. The first kappa shape index (κ1) is 63.8. The molecule has 0 aromatic rings. The number of aliphatic hydroxyl groups is 8. The average Bonchev–Trinajstić information content (AvgIpc) is 3.35. The first-order chi connectivity index (χ1) is 33.6. The fraction of sp³-hybridized carbons (Fsp3) is 0.945. The molecule has 14 nitrogen and oxygen atoms in total. The summed E-state index contributed by atoms with van der Waals surface area (Å²) < 4.78 is 22.7. The standard InChI is InChI=1S/C55H105NO13/c1-3-5-7-9-11-13-15-17-19-20-21-22-23-25-27-29-31-33-35-37-39-47(60)56-43(44(59)38-36-34-32-30-28-26-24-18-16-14-12-10-8-6-4-2)42-66-54-52(65)50(63)53(46(41-58)68-54)69-55-51(64)49(62)48(61)45(40-57)67-55/h36,38,43-46,48-55,57-59,61-65H,3-35,37,39-42H2,1-2H3,(H,56,60)/b38-36+. The topological polar surface area (TPSA) is 228 Å². The quantitative estimate of drug-likeness (QED) is 0.0206. The van der Waals surface area contributed by atoms with Gasteiger partial charge in [0.05, 0.1) is 32.0 Å². The van der Waals surface area contributed by atoms with Crippen LogP contribution < -0.4 is 5.32 Å². The molecule has 2 saturated heterocycles. The zero-order valence-corrected chi connectivity index (χ0v) is 43.6. The van der Waals surface area contributed by atoms with Crippen LogP contribution in [-0.4, -0.2) is 140 Å². The van der Waals surface area contributed by atoms with Crippen molar-refractivity contribution in [1.29, 1.82) is 0 Å². The molecule has 14 heteroatoms. The van der Waals surface area contributed by atoms with Crippen LogP contribution in [0.1, 0.15) is 239 Å². The van der Waals surface area contributed by atoms with Gasteiger partial charge in [-0.1, -0.05) is 225 Å². The molecule has 9 N–H and O–H groups in total. The van der Waals surface area contributed by atoms with Crippen molar-refractivity contribution in [1.82, 2.24) is 5.32 Å². The molecule has 0 aromatic heterocycles. The fourth-order valence-electron chi connectivity index (χ4n) is 9.59. The van der Waals surface area contributed by atoms with Crippen molar-refractivity contribution >= 4 is 5.91 Å². The van der Waals surface area contributed by atoms with Crippen molar-refractivity contribution in [2.24, 2.45) is 0 Å². The van der Waals surface area contributed by atoms with Gasteiger partial charge in [0.25, 0.3) is 0 Å². The summed E-state index contributed by atoms with van der Waals surface area (Å²) in [6.07, 6.45) is 29.6. The number of hydrogen-bond donors (Lipinski definition) is 9. The second-order valence-electron chi connectivity index (χ2n) is 20.4. The molecule has 0 aliphatic carbocycles. The summed E-state index contributed by atoms with van der Waals surface area (Å²) >= 11 is 0. The van der Waals surface area contributed by atoms with Gasteiger partial charge in [0.1, 0.15) is 48.8 Å². The second kappa shape index (κ2) is 42.1. The zero-order chi connectivity index (χ0) is 50.3. The molecule has 0 bridgehead atoms. The molecule has 0 radical (unpaired) electrons. The molecule has 2 heterocycles. The first-order valence-corrected chi connectivity index (χ1v) is 28.4. The third-order valence-corrected chi connectivity index (χ3v) is 14.2. The Bertz CT molecular complexity index is 1210. The van der Waals surface area contributed by atoms with Crippen LogP contribution in [0.5, 0.6) is 0 Å². The minimum atomic E-state index is -1.78. The third kappa shape index (κ3) is 28.7. The maximum atomic E-state index is 13.2. The zero-order valence-electron chi connectivity index (χ0n) is 43.6. The Morgan fingerprint density at radius 2 is 0.899 bits per heavy atom. The maximum Gasteiger partial charge on any atom is 0.220 e. The lowest BCUT2D eigenvalue weighted by Crippen LogP contribution is -2.65. The van der Waals surface area contributed by atoms with Crippen LogP contribution >= 0.6 is 0 Å². The van der Waals surface area contributed by atoms with Gasteiger partial charge in [-0.15, -0.1) is 0 Å². The smallest absolute Gasteiger partial charge is 0.220 e. The Balaban J connectivity index is 1.78. The van der Waals surface area contributed by atoms with Crippen LogP contribution in [0.25, 0.3) is 0 Å². The Morgan fingerprint density at radius 3 is 1.33 bits per heavy atom. The van der Waals surface area contributed by atoms with E-state index in [1.807, 2.05) is 6.08 Å². The van der Waals surface area contributed by atoms with Crippen molar-refractivity contribution in [2.75, 3.05) is 19.8 Å². The van der Waals surface area contributed by atoms with Crippen LogP contribution in [0.3, 0.4) is 0 Å². The number of unbranched alkanes of at least 4 members (excludes halogenated alkanes) is 32. The Kier molecular flexibility index (Phi) is 39.0. The summed E-state index contributed by atoms with van der Waals surface area (Å²) in [5.74, 6) is -0.235. The van der Waals surface area contributed by atoms with Crippen LogP contribution in [0.15, 0.2) is 12.2 Å². The van der Waals surface area contributed by atoms with Gasteiger partial charge < -0.3 is 65.1 Å². The van der Waals surface area contributed by atoms with E-state index < -0.39 is 86.8 Å². The number of ether oxygens (including phenoxy) is 4. The number of carbonyl (C=O) groups excluding carboxylic acids is 1. The highest BCUT2D eigenvalue weighted by atomic mass is 16.7. The van der Waals surface area contributed by atoms with Crippen LogP contribution in [0.2, 0.25) is 0 Å². The molecule has 2 fully saturated rings. The minimum Gasteiger partial charge on any atom is -0.394 e. The average molecular weight is 988 g/mol. The molecule has 0 aromatic carbocycles. The van der Waals surface area contributed by atoms with E-state index >= 15 is 0 Å². The van der Waals surface area contributed by atoms with E-state index in [0.29, 0.717) is 6.42 Å². The number of aliphatic hydroxyl groups excluding tert-OH is 8. The lowest BCUT2D eigenvalue weighted by atomic mass is 9.97. The van der Waals surface area contributed by atoms with Gasteiger partial charge >= 0.3 is 0 Å². The van der Waals surface area contributed by atoms with Crippen molar-refractivity contribution in [3.63, 3.8) is 0 Å². The number of allylic oxidation sites excluding steroid dienone is 1. The molecule has 69 heavy (non-hydrogen) atoms. The molecular formula is C55H105NO13. The van der Waals surface area contributed by atoms with Crippen molar-refractivity contribution in [3.05, 3.63) is 12.2 Å². The van der Waals surface area contributed by atoms with Crippen molar-refractivity contribution in [2.45, 2.75) is 312 Å². The molecule has 0 spiro atoms. The van der Waals surface area contributed by atoms with Gasteiger partial charge in [-0.05, 0) is 19.3 Å². The predicted octanol–water partition coefficient (Wildman–Crippen LogP) is 8.72. The SMILES string of the molecule is CCCCCCCCCCCCCCC/C=C/C(O)C(COC1OC(CO)C(OC2OC(CO)C(O)C(O)C2O)C(O)C1O)NC(=O)CCCCCCCCCCCCCCCCCCCCCC. The highest BCUT2D eigenvalue weighted by molar-refractivity contribution is 5.76. The number of nitrogens with one attached hydrogen (secondary N) is 1. The Labute approximate surface area is 418 Å². The van der Waals surface area contributed by atoms with Gasteiger partial charge in [-0.3, -0.25) is 4.79 Å². The number of hydrogen-bond acceptors (Lipinski definition) is 13. The molecule has 2 aliphatic rings. The summed E-state index contributed by atoms with van der Waals surface area (Å²) in [4.78, 5) is 13.2. The highest BCUT2D eigenvalue weighted by Crippen LogP contribution is 2.30. The lowest BCUT2D eigenvalue weighted by Gasteiger charge is -2.46. The summed E-state index contributed by atoms with van der Waals surface area (Å²) in [6, 6.07) is -0.908. The number of rotatable bonds is 45. The van der Waals surface area contributed by atoms with E-state index in [-0.39, 0.29) is 18.9 Å².